The van der Waals surface area contributed by atoms with E-state index in [1.54, 1.807) is 35.6 Å². The van der Waals surface area contributed by atoms with Crippen LogP contribution in [0.5, 0.6) is 0 Å². The van der Waals surface area contributed by atoms with Gasteiger partial charge < -0.3 is 10.1 Å². The van der Waals surface area contributed by atoms with Crippen molar-refractivity contribution in [3.8, 4) is 5.69 Å². The number of benzene rings is 1. The second-order valence-corrected chi connectivity index (χ2v) is 4.45. The van der Waals surface area contributed by atoms with Crippen LogP contribution in [0.3, 0.4) is 0 Å². The molecule has 122 valence electrons. The first kappa shape index (κ1) is 16.5. The number of alkyl halides is 3. The number of para-hydroxylation sites is 1. The number of methoxy groups -OCH3 is 1. The average molecular weight is 327 g/mol. The van der Waals surface area contributed by atoms with Gasteiger partial charge in [-0.15, -0.1) is 0 Å². The predicted octanol–water partition coefficient (Wildman–Crippen LogP) is 1.95. The van der Waals surface area contributed by atoms with Gasteiger partial charge in [0.25, 0.3) is 5.91 Å². The first-order valence-electron chi connectivity index (χ1n) is 6.40. The Labute approximate surface area is 128 Å². The molecule has 0 unspecified atom stereocenters. The summed E-state index contributed by atoms with van der Waals surface area (Å²) >= 11 is 0. The summed E-state index contributed by atoms with van der Waals surface area (Å²) in [6, 6.07) is 9.30. The molecule has 2 rings (SSSR count). The summed E-state index contributed by atoms with van der Waals surface area (Å²) in [6.07, 6.45) is -4.54. The summed E-state index contributed by atoms with van der Waals surface area (Å²) in [4.78, 5) is 23.5. The monoisotopic (exact) mass is 327 g/mol. The first-order valence-corrected chi connectivity index (χ1v) is 6.40. The summed E-state index contributed by atoms with van der Waals surface area (Å²) < 4.78 is 42.3. The van der Waals surface area contributed by atoms with E-state index in [1.807, 2.05) is 0 Å². The van der Waals surface area contributed by atoms with Crippen molar-refractivity contribution >= 4 is 11.9 Å². The summed E-state index contributed by atoms with van der Waals surface area (Å²) in [5, 5.41) is 5.66. The lowest BCUT2D eigenvalue weighted by atomic mass is 10.3. The van der Waals surface area contributed by atoms with Crippen molar-refractivity contribution in [1.82, 2.24) is 15.1 Å². The Bertz CT molecular complexity index is 711. The van der Waals surface area contributed by atoms with Crippen LogP contribution in [0.2, 0.25) is 0 Å². The molecular weight excluding hydrogens is 315 g/mol. The minimum atomic E-state index is -4.54. The summed E-state index contributed by atoms with van der Waals surface area (Å²) in [5.41, 5.74) is 0.0224. The van der Waals surface area contributed by atoms with Crippen molar-refractivity contribution in [2.24, 2.45) is 0 Å². The summed E-state index contributed by atoms with van der Waals surface area (Å²) in [6.45, 7) is -1.49. The molecule has 9 heteroatoms. The minimum absolute atomic E-state index is 0.187. The van der Waals surface area contributed by atoms with E-state index in [4.69, 9.17) is 0 Å². The Hall–Kier alpha value is -2.84. The zero-order valence-corrected chi connectivity index (χ0v) is 11.9. The number of nitrogens with zero attached hydrogens (tertiary/aromatic N) is 2. The van der Waals surface area contributed by atoms with E-state index >= 15 is 0 Å². The maximum absolute atomic E-state index is 12.2. The highest BCUT2D eigenvalue weighted by Crippen LogP contribution is 2.15. The fourth-order valence-electron chi connectivity index (χ4n) is 1.78. The van der Waals surface area contributed by atoms with E-state index in [9.17, 15) is 22.8 Å². The summed E-state index contributed by atoms with van der Waals surface area (Å²) in [7, 11) is 1.13. The quantitative estimate of drug-likeness (QED) is 0.871. The van der Waals surface area contributed by atoms with Gasteiger partial charge in [-0.1, -0.05) is 18.2 Å². The fourth-order valence-corrected chi connectivity index (χ4v) is 1.78. The van der Waals surface area contributed by atoms with Crippen LogP contribution in [0.4, 0.5) is 13.2 Å². The number of carbonyl (C=O) groups excluding carboxylic acids is 2. The van der Waals surface area contributed by atoms with E-state index in [0.717, 1.165) is 17.9 Å². The smallest absolute Gasteiger partial charge is 0.405 e. The van der Waals surface area contributed by atoms with Crippen LogP contribution >= 0.6 is 0 Å². The van der Waals surface area contributed by atoms with E-state index in [2.05, 4.69) is 9.84 Å². The molecule has 0 saturated heterocycles. The van der Waals surface area contributed by atoms with Crippen molar-refractivity contribution in [2.45, 2.75) is 6.18 Å². The van der Waals surface area contributed by atoms with Gasteiger partial charge >= 0.3 is 12.1 Å². The van der Waals surface area contributed by atoms with Gasteiger partial charge in [-0.3, -0.25) is 4.79 Å². The Morgan fingerprint density at radius 3 is 2.48 bits per heavy atom. The average Bonchev–Trinajstić information content (AvgIpc) is 2.97. The van der Waals surface area contributed by atoms with E-state index < -0.39 is 24.6 Å². The van der Waals surface area contributed by atoms with Crippen molar-refractivity contribution in [2.75, 3.05) is 13.7 Å². The van der Waals surface area contributed by atoms with Gasteiger partial charge in [-0.05, 0) is 12.1 Å². The van der Waals surface area contributed by atoms with Gasteiger partial charge in [-0.2, -0.15) is 18.3 Å². The Morgan fingerprint density at radius 2 is 1.91 bits per heavy atom. The number of aromatic nitrogens is 2. The van der Waals surface area contributed by atoms with Crippen molar-refractivity contribution in [1.29, 1.82) is 0 Å². The lowest BCUT2D eigenvalue weighted by Gasteiger charge is -2.09. The van der Waals surface area contributed by atoms with Crippen LogP contribution in [-0.4, -0.2) is 41.5 Å². The number of carbonyl (C=O) groups is 2. The number of halogens is 3. The SMILES string of the molecule is COC(=O)c1cc(C(=O)NCC(F)(F)F)n(-c2ccccc2)n1. The molecule has 1 N–H and O–H groups in total. The number of nitrogens with one attached hydrogen (secondary N) is 1. The number of amides is 1. The van der Waals surface area contributed by atoms with Crippen LogP contribution in [0, 0.1) is 0 Å². The highest BCUT2D eigenvalue weighted by molar-refractivity contribution is 5.96. The third kappa shape index (κ3) is 4.09. The van der Waals surface area contributed by atoms with Crippen molar-refractivity contribution in [3.05, 3.63) is 47.8 Å². The van der Waals surface area contributed by atoms with Crippen LogP contribution in [-0.2, 0) is 4.74 Å². The maximum atomic E-state index is 12.2. The second-order valence-electron chi connectivity index (χ2n) is 4.45. The lowest BCUT2D eigenvalue weighted by molar-refractivity contribution is -0.123. The molecule has 0 saturated carbocycles. The van der Waals surface area contributed by atoms with E-state index in [0.29, 0.717) is 5.69 Å². The van der Waals surface area contributed by atoms with Crippen LogP contribution in [0.1, 0.15) is 21.0 Å². The molecule has 1 heterocycles. The molecule has 23 heavy (non-hydrogen) atoms. The maximum Gasteiger partial charge on any atom is 0.405 e. The number of hydrogen-bond acceptors (Lipinski definition) is 4. The number of ether oxygens (including phenoxy) is 1. The molecule has 0 fully saturated rings. The lowest BCUT2D eigenvalue weighted by Crippen LogP contribution is -2.34. The molecule has 0 spiro atoms. The third-order valence-corrected chi connectivity index (χ3v) is 2.79. The minimum Gasteiger partial charge on any atom is -0.464 e. The zero-order valence-electron chi connectivity index (χ0n) is 11.9. The van der Waals surface area contributed by atoms with Crippen LogP contribution in [0.15, 0.2) is 36.4 Å². The van der Waals surface area contributed by atoms with Crippen molar-refractivity contribution < 1.29 is 27.5 Å². The Morgan fingerprint density at radius 1 is 1.26 bits per heavy atom. The molecule has 6 nitrogen and oxygen atoms in total. The van der Waals surface area contributed by atoms with Gasteiger partial charge in [0.05, 0.1) is 12.8 Å². The Kier molecular flexibility index (Phi) is 4.68. The number of hydrogen-bond donors (Lipinski definition) is 1. The molecule has 1 aromatic carbocycles. The van der Waals surface area contributed by atoms with E-state index in [-0.39, 0.29) is 11.4 Å². The molecule has 0 radical (unpaired) electrons. The topological polar surface area (TPSA) is 73.2 Å². The zero-order chi connectivity index (χ0) is 17.0. The summed E-state index contributed by atoms with van der Waals surface area (Å²) in [5.74, 6) is -1.81. The molecule has 0 aliphatic rings. The highest BCUT2D eigenvalue weighted by atomic mass is 19.4. The Balaban J connectivity index is 2.38. The molecule has 2 aromatic rings. The fraction of sp³-hybridized carbons (Fsp3) is 0.214. The van der Waals surface area contributed by atoms with Gasteiger partial charge in [-0.25, -0.2) is 9.48 Å². The molecule has 0 aliphatic carbocycles. The van der Waals surface area contributed by atoms with Gasteiger partial charge in [0.15, 0.2) is 5.69 Å². The van der Waals surface area contributed by atoms with Crippen molar-refractivity contribution in [3.63, 3.8) is 0 Å². The number of rotatable bonds is 4. The predicted molar refractivity (Wildman–Crippen MR) is 73.3 cm³/mol. The standard InChI is InChI=1S/C14H12F3N3O3/c1-23-13(22)10-7-11(12(21)18-8-14(15,16)17)20(19-10)9-5-3-2-4-6-9/h2-7H,8H2,1H3,(H,18,21). The van der Waals surface area contributed by atoms with Gasteiger partial charge in [0.2, 0.25) is 0 Å². The third-order valence-electron chi connectivity index (χ3n) is 2.79. The molecule has 1 aromatic heterocycles. The molecular formula is C14H12F3N3O3. The van der Waals surface area contributed by atoms with Gasteiger partial charge in [0, 0.05) is 6.07 Å². The van der Waals surface area contributed by atoms with Gasteiger partial charge in [0.1, 0.15) is 12.2 Å². The molecule has 0 atom stereocenters. The molecule has 1 amide bonds. The first-order chi connectivity index (χ1) is 10.8. The van der Waals surface area contributed by atoms with Crippen LogP contribution in [0.25, 0.3) is 5.69 Å². The molecule has 0 aliphatic heterocycles. The van der Waals surface area contributed by atoms with Crippen LogP contribution < -0.4 is 5.32 Å². The normalized spacial score (nSPS) is 11.1. The molecule has 0 bridgehead atoms. The second kappa shape index (κ2) is 6.51. The largest absolute Gasteiger partial charge is 0.464 e. The highest BCUT2D eigenvalue weighted by Gasteiger charge is 2.29. The van der Waals surface area contributed by atoms with E-state index in [1.165, 1.54) is 0 Å². The number of esters is 1.